The van der Waals surface area contributed by atoms with E-state index in [4.69, 9.17) is 16.3 Å². The summed E-state index contributed by atoms with van der Waals surface area (Å²) in [6, 6.07) is 12.1. The summed E-state index contributed by atoms with van der Waals surface area (Å²) in [7, 11) is 1.25. The number of benzene rings is 2. The van der Waals surface area contributed by atoms with Crippen LogP contribution >= 0.6 is 11.6 Å². The summed E-state index contributed by atoms with van der Waals surface area (Å²) in [6.45, 7) is 1.86. The topological polar surface area (TPSA) is 102 Å². The number of methoxy groups -OCH3 is 1. The average Bonchev–Trinajstić information content (AvgIpc) is 2.96. The van der Waals surface area contributed by atoms with E-state index in [9.17, 15) is 19.2 Å². The third kappa shape index (κ3) is 4.04. The number of rotatable bonds is 6. The molecule has 0 unspecified atom stereocenters. The number of anilines is 2. The Balaban J connectivity index is 1.88. The molecule has 0 bridgehead atoms. The lowest BCUT2D eigenvalue weighted by atomic mass is 10.2. The standard InChI is InChI=1S/C21H17ClN2O6/c1-3-30-21(28)13-7-5-9-15(11-13)24-18(25)16(22)17(19(24)26)23-14-8-4-6-12(10-14)20(27)29-2/h4-11,23H,3H2,1-2H3. The summed E-state index contributed by atoms with van der Waals surface area (Å²) in [5.74, 6) is -2.57. The molecule has 3 rings (SSSR count). The van der Waals surface area contributed by atoms with E-state index >= 15 is 0 Å². The number of nitrogens with one attached hydrogen (secondary N) is 1. The summed E-state index contributed by atoms with van der Waals surface area (Å²) < 4.78 is 9.62. The second-order valence-electron chi connectivity index (χ2n) is 6.10. The number of hydrogen-bond donors (Lipinski definition) is 1. The van der Waals surface area contributed by atoms with Gasteiger partial charge in [0.05, 0.1) is 30.5 Å². The van der Waals surface area contributed by atoms with Gasteiger partial charge in [-0.3, -0.25) is 9.59 Å². The molecule has 1 heterocycles. The Hall–Kier alpha value is -3.65. The highest BCUT2D eigenvalue weighted by Gasteiger charge is 2.39. The van der Waals surface area contributed by atoms with Crippen LogP contribution < -0.4 is 10.2 Å². The molecule has 8 nitrogen and oxygen atoms in total. The zero-order chi connectivity index (χ0) is 21.8. The zero-order valence-corrected chi connectivity index (χ0v) is 16.9. The van der Waals surface area contributed by atoms with Gasteiger partial charge in [-0.25, -0.2) is 14.5 Å². The van der Waals surface area contributed by atoms with Crippen molar-refractivity contribution in [2.45, 2.75) is 6.92 Å². The number of carbonyl (C=O) groups is 4. The highest BCUT2D eigenvalue weighted by atomic mass is 35.5. The maximum absolute atomic E-state index is 12.9. The van der Waals surface area contributed by atoms with Crippen molar-refractivity contribution >= 4 is 46.7 Å². The molecule has 1 aliphatic heterocycles. The van der Waals surface area contributed by atoms with E-state index in [1.807, 2.05) is 0 Å². The molecule has 154 valence electrons. The fraction of sp³-hybridized carbons (Fsp3) is 0.143. The van der Waals surface area contributed by atoms with Crippen molar-refractivity contribution in [3.63, 3.8) is 0 Å². The van der Waals surface area contributed by atoms with Crippen molar-refractivity contribution in [3.05, 3.63) is 70.4 Å². The lowest BCUT2D eigenvalue weighted by Crippen LogP contribution is -2.32. The van der Waals surface area contributed by atoms with Crippen LogP contribution in [0, 0.1) is 0 Å². The summed E-state index contributed by atoms with van der Waals surface area (Å²) in [5.41, 5.74) is 0.849. The quantitative estimate of drug-likeness (QED) is 0.557. The maximum Gasteiger partial charge on any atom is 0.338 e. The minimum Gasteiger partial charge on any atom is -0.465 e. The Bertz CT molecular complexity index is 1080. The van der Waals surface area contributed by atoms with E-state index < -0.39 is 23.8 Å². The first-order chi connectivity index (χ1) is 14.4. The predicted molar refractivity (Wildman–Crippen MR) is 109 cm³/mol. The molecule has 0 aromatic heterocycles. The third-order valence-corrected chi connectivity index (χ3v) is 4.55. The summed E-state index contributed by atoms with van der Waals surface area (Å²) in [5, 5.41) is 2.47. The molecule has 0 atom stereocenters. The minimum atomic E-state index is -0.741. The van der Waals surface area contributed by atoms with Gasteiger partial charge in [0.15, 0.2) is 0 Å². The number of nitrogens with zero attached hydrogens (tertiary/aromatic N) is 1. The number of ether oxygens (including phenoxy) is 2. The number of amides is 2. The monoisotopic (exact) mass is 428 g/mol. The van der Waals surface area contributed by atoms with Gasteiger partial charge >= 0.3 is 11.9 Å². The molecule has 2 aromatic rings. The highest BCUT2D eigenvalue weighted by Crippen LogP contribution is 2.30. The van der Waals surface area contributed by atoms with Gasteiger partial charge in [0.1, 0.15) is 10.7 Å². The van der Waals surface area contributed by atoms with Crippen molar-refractivity contribution in [1.29, 1.82) is 0 Å². The van der Waals surface area contributed by atoms with E-state index in [0.717, 1.165) is 4.90 Å². The van der Waals surface area contributed by atoms with Crippen LogP contribution in [0.25, 0.3) is 0 Å². The van der Waals surface area contributed by atoms with E-state index in [0.29, 0.717) is 5.69 Å². The molecule has 0 fully saturated rings. The summed E-state index contributed by atoms with van der Waals surface area (Å²) in [6.07, 6.45) is 0. The van der Waals surface area contributed by atoms with E-state index in [-0.39, 0.29) is 34.2 Å². The van der Waals surface area contributed by atoms with Crippen molar-refractivity contribution < 1.29 is 28.7 Å². The lowest BCUT2D eigenvalue weighted by Gasteiger charge is -2.16. The molecule has 0 saturated carbocycles. The maximum atomic E-state index is 12.9. The van der Waals surface area contributed by atoms with Gasteiger partial charge in [-0.1, -0.05) is 23.7 Å². The van der Waals surface area contributed by atoms with Crippen molar-refractivity contribution in [3.8, 4) is 0 Å². The molecular weight excluding hydrogens is 412 g/mol. The van der Waals surface area contributed by atoms with E-state index in [2.05, 4.69) is 10.1 Å². The van der Waals surface area contributed by atoms with Crippen LogP contribution in [-0.2, 0) is 19.1 Å². The van der Waals surface area contributed by atoms with Crippen LogP contribution in [0.1, 0.15) is 27.6 Å². The second kappa shape index (κ2) is 8.79. The smallest absolute Gasteiger partial charge is 0.338 e. The molecule has 0 saturated heterocycles. The van der Waals surface area contributed by atoms with Crippen LogP contribution in [0.2, 0.25) is 0 Å². The van der Waals surface area contributed by atoms with Crippen LogP contribution in [-0.4, -0.2) is 37.5 Å². The zero-order valence-electron chi connectivity index (χ0n) is 16.1. The predicted octanol–water partition coefficient (Wildman–Crippen LogP) is 3.09. The molecule has 1 aliphatic rings. The molecule has 1 N–H and O–H groups in total. The van der Waals surface area contributed by atoms with Crippen molar-refractivity contribution in [2.75, 3.05) is 23.9 Å². The fourth-order valence-corrected chi connectivity index (χ4v) is 3.03. The van der Waals surface area contributed by atoms with Crippen LogP contribution in [0.5, 0.6) is 0 Å². The number of carbonyl (C=O) groups excluding carboxylic acids is 4. The molecular formula is C21H17ClN2O6. The molecule has 9 heteroatoms. The van der Waals surface area contributed by atoms with Gasteiger partial charge < -0.3 is 14.8 Å². The first kappa shape index (κ1) is 21.1. The van der Waals surface area contributed by atoms with Gasteiger partial charge in [0.2, 0.25) is 0 Å². The molecule has 0 spiro atoms. The average molecular weight is 429 g/mol. The Kier molecular flexibility index (Phi) is 6.17. The number of esters is 2. The Morgan fingerprint density at radius 3 is 2.33 bits per heavy atom. The van der Waals surface area contributed by atoms with Gasteiger partial charge in [-0.05, 0) is 43.3 Å². The molecule has 30 heavy (non-hydrogen) atoms. The molecule has 2 aromatic carbocycles. The van der Waals surface area contributed by atoms with E-state index in [1.54, 1.807) is 25.1 Å². The van der Waals surface area contributed by atoms with Crippen LogP contribution in [0.15, 0.2) is 59.3 Å². The third-order valence-electron chi connectivity index (χ3n) is 4.20. The Morgan fingerprint density at radius 1 is 1.00 bits per heavy atom. The van der Waals surface area contributed by atoms with Crippen LogP contribution in [0.3, 0.4) is 0 Å². The molecule has 0 aliphatic carbocycles. The normalized spacial score (nSPS) is 13.5. The first-order valence-electron chi connectivity index (χ1n) is 8.88. The van der Waals surface area contributed by atoms with Gasteiger partial charge in [-0.2, -0.15) is 0 Å². The Morgan fingerprint density at radius 2 is 1.67 bits per heavy atom. The number of halogens is 1. The fourth-order valence-electron chi connectivity index (χ4n) is 2.82. The summed E-state index contributed by atoms with van der Waals surface area (Å²) >= 11 is 6.12. The minimum absolute atomic E-state index is 0.148. The molecule has 2 amide bonds. The van der Waals surface area contributed by atoms with Crippen molar-refractivity contribution in [2.24, 2.45) is 0 Å². The second-order valence-corrected chi connectivity index (χ2v) is 6.48. The van der Waals surface area contributed by atoms with Gasteiger partial charge in [0, 0.05) is 5.69 Å². The first-order valence-corrected chi connectivity index (χ1v) is 9.26. The Labute approximate surface area is 177 Å². The number of imide groups is 1. The van der Waals surface area contributed by atoms with Gasteiger partial charge in [0.25, 0.3) is 11.8 Å². The SMILES string of the molecule is CCOC(=O)c1cccc(N2C(=O)C(Cl)=C(Nc3cccc(C(=O)OC)c3)C2=O)c1. The highest BCUT2D eigenvalue weighted by molar-refractivity contribution is 6.53. The summed E-state index contributed by atoms with van der Waals surface area (Å²) in [4.78, 5) is 50.1. The largest absolute Gasteiger partial charge is 0.465 e. The molecule has 0 radical (unpaired) electrons. The lowest BCUT2D eigenvalue weighted by molar-refractivity contribution is -0.120. The van der Waals surface area contributed by atoms with Crippen LogP contribution in [0.4, 0.5) is 11.4 Å². The van der Waals surface area contributed by atoms with Gasteiger partial charge in [-0.15, -0.1) is 0 Å². The van der Waals surface area contributed by atoms with Crippen molar-refractivity contribution in [1.82, 2.24) is 0 Å². The van der Waals surface area contributed by atoms with E-state index in [1.165, 1.54) is 37.4 Å². The number of hydrogen-bond acceptors (Lipinski definition) is 7.